The molecule has 8 heteroatoms. The summed E-state index contributed by atoms with van der Waals surface area (Å²) in [7, 11) is 0. The molecule has 4 N–H and O–H groups in total. The molecule has 3 amide bonds. The number of amides is 3. The minimum atomic E-state index is -0.406. The summed E-state index contributed by atoms with van der Waals surface area (Å²) in [5.74, 6) is -0.239. The van der Waals surface area contributed by atoms with Crippen molar-refractivity contribution in [2.24, 2.45) is 0 Å². The van der Waals surface area contributed by atoms with Crippen LogP contribution in [-0.2, 0) is 20.8 Å². The molecule has 1 saturated heterocycles. The molecule has 2 unspecified atom stereocenters. The SMILES string of the molecule is C=CCNC(=O)CC1CC(=O)NC(SCC(=O)Nc2ccc(CC)cc2)N1. The first-order valence-corrected chi connectivity index (χ1v) is 9.98. The maximum atomic E-state index is 12.1. The minimum Gasteiger partial charge on any atom is -0.353 e. The van der Waals surface area contributed by atoms with E-state index in [2.05, 4.69) is 34.8 Å². The minimum absolute atomic E-state index is 0.136. The molecule has 0 bridgehead atoms. The van der Waals surface area contributed by atoms with Gasteiger partial charge in [0.1, 0.15) is 5.50 Å². The van der Waals surface area contributed by atoms with Gasteiger partial charge in [0.2, 0.25) is 17.7 Å². The van der Waals surface area contributed by atoms with Crippen molar-refractivity contribution < 1.29 is 14.4 Å². The third-order valence-corrected chi connectivity index (χ3v) is 5.03. The number of benzene rings is 1. The Bertz CT molecular complexity index is 678. The van der Waals surface area contributed by atoms with Crippen LogP contribution in [0.5, 0.6) is 0 Å². The summed E-state index contributed by atoms with van der Waals surface area (Å²) < 4.78 is 0. The number of carbonyl (C=O) groups excluding carboxylic acids is 3. The van der Waals surface area contributed by atoms with Gasteiger partial charge >= 0.3 is 0 Å². The maximum absolute atomic E-state index is 12.1. The lowest BCUT2D eigenvalue weighted by Gasteiger charge is -2.30. The Labute approximate surface area is 163 Å². The fourth-order valence-electron chi connectivity index (χ4n) is 2.63. The Morgan fingerprint density at radius 2 is 2.04 bits per heavy atom. The van der Waals surface area contributed by atoms with Gasteiger partial charge in [-0.1, -0.05) is 25.1 Å². The first-order valence-electron chi connectivity index (χ1n) is 8.93. The maximum Gasteiger partial charge on any atom is 0.234 e. The van der Waals surface area contributed by atoms with Crippen LogP contribution in [0.25, 0.3) is 0 Å². The Morgan fingerprint density at radius 3 is 2.70 bits per heavy atom. The summed E-state index contributed by atoms with van der Waals surface area (Å²) in [5, 5.41) is 11.5. The number of anilines is 1. The summed E-state index contributed by atoms with van der Waals surface area (Å²) in [6, 6.07) is 7.45. The number of aryl methyl sites for hydroxylation is 1. The molecule has 1 aliphatic rings. The smallest absolute Gasteiger partial charge is 0.234 e. The fourth-order valence-corrected chi connectivity index (χ4v) is 3.52. The van der Waals surface area contributed by atoms with Crippen LogP contribution in [0.15, 0.2) is 36.9 Å². The van der Waals surface area contributed by atoms with Gasteiger partial charge in [0.25, 0.3) is 0 Å². The van der Waals surface area contributed by atoms with Gasteiger partial charge < -0.3 is 16.0 Å². The van der Waals surface area contributed by atoms with Gasteiger partial charge in [-0.25, -0.2) is 0 Å². The van der Waals surface area contributed by atoms with Crippen LogP contribution in [0.4, 0.5) is 5.69 Å². The van der Waals surface area contributed by atoms with Crippen LogP contribution >= 0.6 is 11.8 Å². The molecule has 1 fully saturated rings. The lowest BCUT2D eigenvalue weighted by molar-refractivity contribution is -0.125. The molecule has 1 aliphatic heterocycles. The van der Waals surface area contributed by atoms with E-state index in [1.54, 1.807) is 6.08 Å². The van der Waals surface area contributed by atoms with E-state index in [1.807, 2.05) is 24.3 Å². The number of nitrogens with one attached hydrogen (secondary N) is 4. The molecule has 0 spiro atoms. The van der Waals surface area contributed by atoms with Crippen molar-refractivity contribution in [3.63, 3.8) is 0 Å². The third kappa shape index (κ3) is 7.44. The Balaban J connectivity index is 1.77. The molecule has 1 aromatic carbocycles. The highest BCUT2D eigenvalue weighted by Gasteiger charge is 2.27. The molecule has 0 radical (unpaired) electrons. The van der Waals surface area contributed by atoms with E-state index >= 15 is 0 Å². The zero-order chi connectivity index (χ0) is 19.6. The van der Waals surface area contributed by atoms with Crippen molar-refractivity contribution >= 4 is 35.2 Å². The lowest BCUT2D eigenvalue weighted by atomic mass is 10.1. The second kappa shape index (κ2) is 10.7. The van der Waals surface area contributed by atoms with Crippen molar-refractivity contribution in [2.75, 3.05) is 17.6 Å². The van der Waals surface area contributed by atoms with Crippen LogP contribution in [0, 0.1) is 0 Å². The number of hydrogen-bond acceptors (Lipinski definition) is 5. The van der Waals surface area contributed by atoms with Gasteiger partial charge in [-0.15, -0.1) is 18.3 Å². The van der Waals surface area contributed by atoms with E-state index in [1.165, 1.54) is 17.3 Å². The average molecular weight is 391 g/mol. The van der Waals surface area contributed by atoms with Crippen LogP contribution in [0.2, 0.25) is 0 Å². The molecular weight excluding hydrogens is 364 g/mol. The standard InChI is InChI=1S/C19H26N4O3S/c1-3-9-20-16(24)10-15-11-17(25)23-19(22-15)27-12-18(26)21-14-7-5-13(4-2)6-8-14/h3,5-8,15,19,22H,1,4,9-12H2,2H3,(H,20,24)(H,21,26)(H,23,25). The van der Waals surface area contributed by atoms with E-state index in [9.17, 15) is 14.4 Å². The topological polar surface area (TPSA) is 99.3 Å². The molecule has 0 saturated carbocycles. The normalized spacial score (nSPS) is 19.1. The molecule has 0 aliphatic carbocycles. The predicted molar refractivity (Wildman–Crippen MR) is 108 cm³/mol. The fraction of sp³-hybridized carbons (Fsp3) is 0.421. The van der Waals surface area contributed by atoms with Crippen molar-refractivity contribution in [1.82, 2.24) is 16.0 Å². The second-order valence-electron chi connectivity index (χ2n) is 6.22. The van der Waals surface area contributed by atoms with Gasteiger partial charge in [-0.05, 0) is 24.1 Å². The number of rotatable bonds is 9. The van der Waals surface area contributed by atoms with E-state index in [4.69, 9.17) is 0 Å². The molecule has 2 rings (SSSR count). The van der Waals surface area contributed by atoms with Crippen LogP contribution in [0.3, 0.4) is 0 Å². The van der Waals surface area contributed by atoms with Crippen LogP contribution < -0.4 is 21.3 Å². The summed E-state index contributed by atoms with van der Waals surface area (Å²) >= 11 is 1.28. The van der Waals surface area contributed by atoms with Crippen LogP contribution in [0.1, 0.15) is 25.3 Å². The highest BCUT2D eigenvalue weighted by molar-refractivity contribution is 8.00. The molecule has 1 aromatic rings. The monoisotopic (exact) mass is 390 g/mol. The van der Waals surface area contributed by atoms with Gasteiger partial charge in [0.15, 0.2) is 0 Å². The van der Waals surface area contributed by atoms with Crippen molar-refractivity contribution in [2.45, 2.75) is 37.7 Å². The zero-order valence-corrected chi connectivity index (χ0v) is 16.2. The zero-order valence-electron chi connectivity index (χ0n) is 15.4. The number of thioether (sulfide) groups is 1. The van der Waals surface area contributed by atoms with Gasteiger partial charge in [0, 0.05) is 31.1 Å². The average Bonchev–Trinajstić information content (AvgIpc) is 2.65. The number of hydrogen-bond donors (Lipinski definition) is 4. The molecular formula is C19H26N4O3S. The van der Waals surface area contributed by atoms with E-state index in [0.29, 0.717) is 6.54 Å². The molecule has 1 heterocycles. The molecule has 2 atom stereocenters. The summed E-state index contributed by atoms with van der Waals surface area (Å²) in [5.41, 5.74) is 1.55. The summed E-state index contributed by atoms with van der Waals surface area (Å²) in [6.45, 7) is 6.02. The van der Waals surface area contributed by atoms with E-state index in [-0.39, 0.29) is 42.4 Å². The van der Waals surface area contributed by atoms with Crippen molar-refractivity contribution in [3.05, 3.63) is 42.5 Å². The van der Waals surface area contributed by atoms with Gasteiger partial charge in [0.05, 0.1) is 5.75 Å². The molecule has 27 heavy (non-hydrogen) atoms. The largest absolute Gasteiger partial charge is 0.353 e. The van der Waals surface area contributed by atoms with E-state index < -0.39 is 5.50 Å². The first-order chi connectivity index (χ1) is 13.0. The van der Waals surface area contributed by atoms with Crippen molar-refractivity contribution in [3.8, 4) is 0 Å². The summed E-state index contributed by atoms with van der Waals surface area (Å²) in [6.07, 6.45) is 2.98. The molecule has 146 valence electrons. The second-order valence-corrected chi connectivity index (χ2v) is 7.32. The lowest BCUT2D eigenvalue weighted by Crippen LogP contribution is -2.56. The van der Waals surface area contributed by atoms with Crippen molar-refractivity contribution in [1.29, 1.82) is 0 Å². The Hall–Kier alpha value is -2.32. The predicted octanol–water partition coefficient (Wildman–Crippen LogP) is 1.37. The van der Waals surface area contributed by atoms with E-state index in [0.717, 1.165) is 12.1 Å². The Kier molecular flexibility index (Phi) is 8.35. The first kappa shape index (κ1) is 21.0. The number of carbonyl (C=O) groups is 3. The highest BCUT2D eigenvalue weighted by atomic mass is 32.2. The van der Waals surface area contributed by atoms with Gasteiger partial charge in [-0.3, -0.25) is 19.7 Å². The molecule has 0 aromatic heterocycles. The Morgan fingerprint density at radius 1 is 1.30 bits per heavy atom. The summed E-state index contributed by atoms with van der Waals surface area (Å²) in [4.78, 5) is 35.8. The third-order valence-electron chi connectivity index (χ3n) is 4.01. The molecule has 7 nitrogen and oxygen atoms in total. The van der Waals surface area contributed by atoms with Gasteiger partial charge in [-0.2, -0.15) is 0 Å². The van der Waals surface area contributed by atoms with Crippen LogP contribution in [-0.4, -0.2) is 41.6 Å². The highest BCUT2D eigenvalue weighted by Crippen LogP contribution is 2.15. The quantitative estimate of drug-likeness (QED) is 0.478.